The summed E-state index contributed by atoms with van der Waals surface area (Å²) in [4.78, 5) is 29.0. The Morgan fingerprint density at radius 2 is 1.38 bits per heavy atom. The summed E-state index contributed by atoms with van der Waals surface area (Å²) < 4.78 is 27.2. The summed E-state index contributed by atoms with van der Waals surface area (Å²) in [6.45, 7) is 2.09. The molecule has 0 aromatic heterocycles. The van der Waals surface area contributed by atoms with Crippen molar-refractivity contribution in [3.8, 4) is 5.75 Å². The summed E-state index contributed by atoms with van der Waals surface area (Å²) in [6.07, 6.45) is 1.64. The van der Waals surface area contributed by atoms with Gasteiger partial charge in [0.05, 0.1) is 21.0 Å². The predicted octanol–water partition coefficient (Wildman–Crippen LogP) is 2.43. The van der Waals surface area contributed by atoms with Crippen molar-refractivity contribution >= 4 is 33.4 Å². The molecule has 0 bridgehead atoms. The summed E-state index contributed by atoms with van der Waals surface area (Å²) in [7, 11) is -3.67. The van der Waals surface area contributed by atoms with Crippen molar-refractivity contribution in [2.45, 2.75) is 17.7 Å². The Hall–Kier alpha value is -2.62. The number of amides is 2. The number of piperazine rings is 1. The molecule has 0 radical (unpaired) electrons. The van der Waals surface area contributed by atoms with Crippen LogP contribution in [-0.4, -0.2) is 78.7 Å². The number of sulfonamides is 1. The van der Waals surface area contributed by atoms with E-state index in [0.29, 0.717) is 26.2 Å². The van der Waals surface area contributed by atoms with E-state index in [2.05, 4.69) is 0 Å². The standard InChI is InChI=1S/C22H24ClN3O5S/c23-19-8-7-16(32(30,31)26-9-3-4-10-26)15-18(19)22(29)25-13-11-24(12-14-25)21(28)17-5-1-2-6-20(17)27/h1-2,5-8,15,27H,3-4,9-14H2. The third-order valence-electron chi connectivity index (χ3n) is 5.86. The van der Waals surface area contributed by atoms with Gasteiger partial charge in [-0.05, 0) is 43.2 Å². The van der Waals surface area contributed by atoms with Crippen molar-refractivity contribution in [2.75, 3.05) is 39.3 Å². The molecule has 2 aliphatic heterocycles. The largest absolute Gasteiger partial charge is 0.507 e. The highest BCUT2D eigenvalue weighted by molar-refractivity contribution is 7.89. The third-order valence-corrected chi connectivity index (χ3v) is 8.08. The van der Waals surface area contributed by atoms with E-state index >= 15 is 0 Å². The van der Waals surface area contributed by atoms with Gasteiger partial charge in [0.15, 0.2) is 0 Å². The first-order chi connectivity index (χ1) is 15.3. The molecule has 2 fully saturated rings. The van der Waals surface area contributed by atoms with E-state index in [1.54, 1.807) is 28.0 Å². The summed E-state index contributed by atoms with van der Waals surface area (Å²) in [5.74, 6) is -0.756. The van der Waals surface area contributed by atoms with Crippen molar-refractivity contribution in [2.24, 2.45) is 0 Å². The number of benzene rings is 2. The van der Waals surface area contributed by atoms with Gasteiger partial charge < -0.3 is 14.9 Å². The number of carbonyl (C=O) groups excluding carboxylic acids is 2. The fourth-order valence-corrected chi connectivity index (χ4v) is 5.76. The molecule has 4 rings (SSSR count). The Labute approximate surface area is 192 Å². The summed E-state index contributed by atoms with van der Waals surface area (Å²) in [5, 5.41) is 10.1. The van der Waals surface area contributed by atoms with Crippen LogP contribution in [0.1, 0.15) is 33.6 Å². The van der Waals surface area contributed by atoms with Crippen LogP contribution in [0.3, 0.4) is 0 Å². The molecule has 2 aromatic rings. The highest BCUT2D eigenvalue weighted by Gasteiger charge is 2.31. The number of phenolic OH excluding ortho intramolecular Hbond substituents is 1. The predicted molar refractivity (Wildman–Crippen MR) is 119 cm³/mol. The van der Waals surface area contributed by atoms with Crippen LogP contribution in [0.25, 0.3) is 0 Å². The van der Waals surface area contributed by atoms with Crippen molar-refractivity contribution in [3.05, 3.63) is 58.6 Å². The van der Waals surface area contributed by atoms with Gasteiger partial charge in [0, 0.05) is 39.3 Å². The fourth-order valence-electron chi connectivity index (χ4n) is 4.01. The zero-order valence-corrected chi connectivity index (χ0v) is 19.0. The van der Waals surface area contributed by atoms with Gasteiger partial charge in [0.1, 0.15) is 5.75 Å². The van der Waals surface area contributed by atoms with E-state index in [9.17, 15) is 23.1 Å². The van der Waals surface area contributed by atoms with E-state index in [0.717, 1.165) is 12.8 Å². The number of para-hydroxylation sites is 1. The van der Waals surface area contributed by atoms with E-state index in [1.807, 2.05) is 0 Å². The highest BCUT2D eigenvalue weighted by atomic mass is 35.5. The third kappa shape index (κ3) is 4.32. The van der Waals surface area contributed by atoms with E-state index in [4.69, 9.17) is 11.6 Å². The molecule has 2 aliphatic rings. The molecule has 8 nitrogen and oxygen atoms in total. The molecule has 1 N–H and O–H groups in total. The Morgan fingerprint density at radius 3 is 1.97 bits per heavy atom. The second kappa shape index (κ2) is 9.09. The first-order valence-electron chi connectivity index (χ1n) is 10.5. The molecule has 2 amide bonds. The number of hydrogen-bond donors (Lipinski definition) is 1. The SMILES string of the molecule is O=C(c1ccccc1O)N1CCN(C(=O)c2cc(S(=O)(=O)N3CCCC3)ccc2Cl)CC1. The Bertz CT molecular complexity index is 1140. The topological polar surface area (TPSA) is 98.2 Å². The van der Waals surface area contributed by atoms with Crippen LogP contribution in [-0.2, 0) is 10.0 Å². The fraction of sp³-hybridized carbons (Fsp3) is 0.364. The van der Waals surface area contributed by atoms with Gasteiger partial charge in [-0.15, -0.1) is 0 Å². The summed E-state index contributed by atoms with van der Waals surface area (Å²) >= 11 is 6.25. The maximum absolute atomic E-state index is 13.1. The lowest BCUT2D eigenvalue weighted by molar-refractivity contribution is 0.0533. The Kier molecular flexibility index (Phi) is 6.41. The lowest BCUT2D eigenvalue weighted by Gasteiger charge is -2.35. The molecule has 10 heteroatoms. The second-order valence-corrected chi connectivity index (χ2v) is 10.2. The van der Waals surface area contributed by atoms with Crippen LogP contribution in [0.15, 0.2) is 47.4 Å². The van der Waals surface area contributed by atoms with Crippen LogP contribution in [0.2, 0.25) is 5.02 Å². The second-order valence-electron chi connectivity index (χ2n) is 7.85. The van der Waals surface area contributed by atoms with Crippen LogP contribution in [0.4, 0.5) is 0 Å². The number of rotatable bonds is 4. The van der Waals surface area contributed by atoms with Crippen LogP contribution < -0.4 is 0 Å². The number of nitrogens with zero attached hydrogens (tertiary/aromatic N) is 3. The van der Waals surface area contributed by atoms with Gasteiger partial charge in [0.25, 0.3) is 11.8 Å². The number of aromatic hydroxyl groups is 1. The summed E-state index contributed by atoms with van der Waals surface area (Å²) in [5.41, 5.74) is 0.350. The number of carbonyl (C=O) groups is 2. The van der Waals surface area contributed by atoms with Crippen LogP contribution in [0, 0.1) is 0 Å². The van der Waals surface area contributed by atoms with Crippen LogP contribution >= 0.6 is 11.6 Å². The lowest BCUT2D eigenvalue weighted by atomic mass is 10.1. The van der Waals surface area contributed by atoms with E-state index in [1.165, 1.54) is 28.6 Å². The molecular formula is C22H24ClN3O5S. The Balaban J connectivity index is 1.47. The average Bonchev–Trinajstić information content (AvgIpc) is 3.35. The zero-order valence-electron chi connectivity index (χ0n) is 17.4. The maximum atomic E-state index is 13.1. The molecule has 0 aliphatic carbocycles. The van der Waals surface area contributed by atoms with Gasteiger partial charge in [-0.25, -0.2) is 8.42 Å². The monoisotopic (exact) mass is 477 g/mol. The summed E-state index contributed by atoms with van der Waals surface area (Å²) in [6, 6.07) is 10.5. The molecule has 2 heterocycles. The molecule has 0 saturated carbocycles. The molecule has 0 atom stereocenters. The molecule has 2 saturated heterocycles. The van der Waals surface area contributed by atoms with Gasteiger partial charge in [-0.3, -0.25) is 9.59 Å². The molecule has 0 unspecified atom stereocenters. The van der Waals surface area contributed by atoms with Gasteiger partial charge >= 0.3 is 0 Å². The van der Waals surface area contributed by atoms with Crippen LogP contribution in [0.5, 0.6) is 5.75 Å². The number of phenols is 1. The van der Waals surface area contributed by atoms with Gasteiger partial charge in [-0.2, -0.15) is 4.31 Å². The van der Waals surface area contributed by atoms with E-state index < -0.39 is 10.0 Å². The van der Waals surface area contributed by atoms with Crippen molar-refractivity contribution in [3.63, 3.8) is 0 Å². The van der Waals surface area contributed by atoms with Gasteiger partial charge in [-0.1, -0.05) is 23.7 Å². The number of halogens is 1. The van der Waals surface area contributed by atoms with Crippen molar-refractivity contribution in [1.82, 2.24) is 14.1 Å². The van der Waals surface area contributed by atoms with Crippen molar-refractivity contribution < 1.29 is 23.1 Å². The highest BCUT2D eigenvalue weighted by Crippen LogP contribution is 2.27. The number of hydrogen-bond acceptors (Lipinski definition) is 5. The Morgan fingerprint density at radius 1 is 0.812 bits per heavy atom. The molecule has 170 valence electrons. The minimum atomic E-state index is -3.67. The molecular weight excluding hydrogens is 454 g/mol. The first-order valence-corrected chi connectivity index (χ1v) is 12.3. The quantitative estimate of drug-likeness (QED) is 0.729. The molecule has 2 aromatic carbocycles. The first kappa shape index (κ1) is 22.6. The minimum absolute atomic E-state index is 0.0560. The maximum Gasteiger partial charge on any atom is 0.257 e. The zero-order chi connectivity index (χ0) is 22.9. The smallest absolute Gasteiger partial charge is 0.257 e. The molecule has 32 heavy (non-hydrogen) atoms. The average molecular weight is 478 g/mol. The van der Waals surface area contributed by atoms with Crippen molar-refractivity contribution in [1.29, 1.82) is 0 Å². The lowest BCUT2D eigenvalue weighted by Crippen LogP contribution is -2.50. The van der Waals surface area contributed by atoms with E-state index in [-0.39, 0.29) is 51.7 Å². The normalized spacial score (nSPS) is 17.5. The minimum Gasteiger partial charge on any atom is -0.507 e. The molecule has 0 spiro atoms. The van der Waals surface area contributed by atoms with Gasteiger partial charge in [0.2, 0.25) is 10.0 Å².